The fourth-order valence-corrected chi connectivity index (χ4v) is 2.26. The predicted molar refractivity (Wildman–Crippen MR) is 96.1 cm³/mol. The number of carbonyl (C=O) groups is 2. The summed E-state index contributed by atoms with van der Waals surface area (Å²) >= 11 is 0. The largest absolute Gasteiger partial charge is 0.339 e. The maximum Gasteiger partial charge on any atom is 0.256 e. The molecule has 0 atom stereocenters. The minimum absolute atomic E-state index is 0.0426. The number of anilines is 3. The van der Waals surface area contributed by atoms with Crippen LogP contribution in [0.2, 0.25) is 0 Å². The van der Waals surface area contributed by atoms with E-state index in [0.717, 1.165) is 12.1 Å². The highest BCUT2D eigenvalue weighted by molar-refractivity contribution is 6.03. The lowest BCUT2D eigenvalue weighted by Gasteiger charge is -2.08. The van der Waals surface area contributed by atoms with Crippen LogP contribution in [0, 0.1) is 11.6 Å². The molecule has 0 aliphatic rings. The molecule has 3 rings (SSSR count). The van der Waals surface area contributed by atoms with Gasteiger partial charge in [-0.2, -0.15) is 0 Å². The fraction of sp³-hybridized carbons (Fsp3) is 0.0526. The highest BCUT2D eigenvalue weighted by Crippen LogP contribution is 2.17. The van der Waals surface area contributed by atoms with Gasteiger partial charge in [0.15, 0.2) is 29.1 Å². The number of nitrogens with zero attached hydrogens (tertiary/aromatic N) is 2. The number of hydrogen-bond donors (Lipinski definition) is 2. The van der Waals surface area contributed by atoms with Gasteiger partial charge in [-0.25, -0.2) is 8.78 Å². The van der Waals surface area contributed by atoms with Crippen molar-refractivity contribution in [1.82, 2.24) is 10.2 Å². The molecule has 0 fully saturated rings. The average Bonchev–Trinajstić information content (AvgIpc) is 2.65. The van der Waals surface area contributed by atoms with Gasteiger partial charge in [0.25, 0.3) is 5.91 Å². The topological polar surface area (TPSA) is 84.0 Å². The van der Waals surface area contributed by atoms with Crippen LogP contribution in [0.1, 0.15) is 27.6 Å². The Morgan fingerprint density at radius 1 is 0.852 bits per heavy atom. The molecule has 0 spiro atoms. The second kappa shape index (κ2) is 7.69. The number of hydrogen-bond acceptors (Lipinski definition) is 5. The number of halogens is 2. The summed E-state index contributed by atoms with van der Waals surface area (Å²) in [6, 6.07) is 12.8. The molecule has 6 nitrogen and oxygen atoms in total. The summed E-state index contributed by atoms with van der Waals surface area (Å²) < 4.78 is 26.1. The van der Waals surface area contributed by atoms with Gasteiger partial charge in [0.2, 0.25) is 0 Å². The SMILES string of the molecule is CC(=O)c1cccc(Nc2ccc(NC(=O)c3ccc(F)c(F)c3)nn2)c1. The van der Waals surface area contributed by atoms with E-state index in [1.807, 2.05) is 0 Å². The Kier molecular flexibility index (Phi) is 5.16. The Labute approximate surface area is 153 Å². The summed E-state index contributed by atoms with van der Waals surface area (Å²) in [5.41, 5.74) is 1.18. The van der Waals surface area contributed by atoms with E-state index in [9.17, 15) is 18.4 Å². The van der Waals surface area contributed by atoms with Gasteiger partial charge in [-0.15, -0.1) is 10.2 Å². The van der Waals surface area contributed by atoms with E-state index in [-0.39, 0.29) is 17.2 Å². The summed E-state index contributed by atoms with van der Waals surface area (Å²) in [6.45, 7) is 1.48. The van der Waals surface area contributed by atoms with Crippen molar-refractivity contribution in [1.29, 1.82) is 0 Å². The number of aromatic nitrogens is 2. The van der Waals surface area contributed by atoms with Crippen molar-refractivity contribution in [3.05, 3.63) is 77.4 Å². The third-order valence-electron chi connectivity index (χ3n) is 3.63. The zero-order valence-corrected chi connectivity index (χ0v) is 14.2. The second-order valence-electron chi connectivity index (χ2n) is 5.65. The lowest BCUT2D eigenvalue weighted by atomic mass is 10.1. The Hall–Kier alpha value is -3.68. The van der Waals surface area contributed by atoms with E-state index in [1.165, 1.54) is 19.1 Å². The first-order chi connectivity index (χ1) is 12.9. The highest BCUT2D eigenvalue weighted by Gasteiger charge is 2.11. The standard InChI is InChI=1S/C19H14F2N4O2/c1-11(26)12-3-2-4-14(9-12)22-17-7-8-18(25-24-17)23-19(27)13-5-6-15(20)16(21)10-13/h2-10H,1H3,(H,22,24)(H,23,25,27). The van der Waals surface area contributed by atoms with Crippen LogP contribution >= 0.6 is 0 Å². The summed E-state index contributed by atoms with van der Waals surface area (Å²) in [6.07, 6.45) is 0. The monoisotopic (exact) mass is 368 g/mol. The maximum absolute atomic E-state index is 13.2. The van der Waals surface area contributed by atoms with Crippen molar-refractivity contribution in [2.45, 2.75) is 6.92 Å². The third-order valence-corrected chi connectivity index (χ3v) is 3.63. The number of carbonyl (C=O) groups excluding carboxylic acids is 2. The maximum atomic E-state index is 13.2. The molecule has 0 saturated heterocycles. The van der Waals surface area contributed by atoms with E-state index >= 15 is 0 Å². The van der Waals surface area contributed by atoms with Crippen LogP contribution in [0.4, 0.5) is 26.1 Å². The first-order valence-corrected chi connectivity index (χ1v) is 7.90. The number of nitrogens with one attached hydrogen (secondary N) is 2. The van der Waals surface area contributed by atoms with Gasteiger partial charge in [-0.05, 0) is 49.4 Å². The Balaban J connectivity index is 1.68. The van der Waals surface area contributed by atoms with Gasteiger partial charge in [0.1, 0.15) is 0 Å². The van der Waals surface area contributed by atoms with Crippen molar-refractivity contribution < 1.29 is 18.4 Å². The zero-order valence-electron chi connectivity index (χ0n) is 14.2. The number of Topliss-reactive ketones (excluding diaryl/α,β-unsaturated/α-hetero) is 1. The van der Waals surface area contributed by atoms with E-state index in [0.29, 0.717) is 17.1 Å². The zero-order chi connectivity index (χ0) is 19.4. The predicted octanol–water partition coefficient (Wildman–Crippen LogP) is 3.95. The molecule has 0 aliphatic carbocycles. The van der Waals surface area contributed by atoms with Crippen LogP contribution in [-0.2, 0) is 0 Å². The van der Waals surface area contributed by atoms with Gasteiger partial charge in [0.05, 0.1) is 0 Å². The first-order valence-electron chi connectivity index (χ1n) is 7.90. The summed E-state index contributed by atoms with van der Waals surface area (Å²) in [7, 11) is 0. The molecule has 3 aromatic rings. The lowest BCUT2D eigenvalue weighted by Crippen LogP contribution is -2.14. The van der Waals surface area contributed by atoms with Crippen LogP contribution in [0.25, 0.3) is 0 Å². The number of amides is 1. The van der Waals surface area contributed by atoms with E-state index in [2.05, 4.69) is 20.8 Å². The van der Waals surface area contributed by atoms with E-state index < -0.39 is 17.5 Å². The van der Waals surface area contributed by atoms with Crippen molar-refractivity contribution in [2.24, 2.45) is 0 Å². The Bertz CT molecular complexity index is 1010. The molecule has 0 unspecified atom stereocenters. The van der Waals surface area contributed by atoms with Crippen molar-refractivity contribution >= 4 is 29.0 Å². The van der Waals surface area contributed by atoms with E-state index in [4.69, 9.17) is 0 Å². The number of rotatable bonds is 5. The molecule has 27 heavy (non-hydrogen) atoms. The quantitative estimate of drug-likeness (QED) is 0.666. The van der Waals surface area contributed by atoms with Crippen molar-refractivity contribution in [2.75, 3.05) is 10.6 Å². The highest BCUT2D eigenvalue weighted by atomic mass is 19.2. The second-order valence-corrected chi connectivity index (χ2v) is 5.65. The smallest absolute Gasteiger partial charge is 0.256 e. The first kappa shape index (κ1) is 18.1. The summed E-state index contributed by atoms with van der Waals surface area (Å²) in [4.78, 5) is 23.5. The molecule has 0 saturated carbocycles. The van der Waals surface area contributed by atoms with Crippen LogP contribution in [0.5, 0.6) is 0 Å². The molecule has 136 valence electrons. The van der Waals surface area contributed by atoms with Gasteiger partial charge >= 0.3 is 0 Å². The van der Waals surface area contributed by atoms with Gasteiger partial charge in [0, 0.05) is 16.8 Å². The van der Waals surface area contributed by atoms with Crippen LogP contribution in [0.15, 0.2) is 54.6 Å². The molecule has 0 bridgehead atoms. The van der Waals surface area contributed by atoms with Crippen molar-refractivity contribution in [3.8, 4) is 0 Å². The fourth-order valence-electron chi connectivity index (χ4n) is 2.26. The molecule has 2 N–H and O–H groups in total. The molecule has 0 aliphatic heterocycles. The molecule has 1 aromatic heterocycles. The summed E-state index contributed by atoms with van der Waals surface area (Å²) in [5, 5.41) is 13.2. The summed E-state index contributed by atoms with van der Waals surface area (Å²) in [5.74, 6) is -2.29. The van der Waals surface area contributed by atoms with Crippen LogP contribution in [-0.4, -0.2) is 21.9 Å². The van der Waals surface area contributed by atoms with Gasteiger partial charge in [-0.3, -0.25) is 9.59 Å². The van der Waals surface area contributed by atoms with Crippen LogP contribution < -0.4 is 10.6 Å². The molecular formula is C19H14F2N4O2. The van der Waals surface area contributed by atoms with E-state index in [1.54, 1.807) is 30.3 Å². The molecular weight excluding hydrogens is 354 g/mol. The van der Waals surface area contributed by atoms with Crippen LogP contribution in [0.3, 0.4) is 0 Å². The molecule has 1 amide bonds. The third kappa shape index (κ3) is 4.49. The normalized spacial score (nSPS) is 10.3. The minimum atomic E-state index is -1.11. The average molecular weight is 368 g/mol. The molecule has 2 aromatic carbocycles. The number of ketones is 1. The van der Waals surface area contributed by atoms with Crippen molar-refractivity contribution in [3.63, 3.8) is 0 Å². The molecule has 0 radical (unpaired) electrons. The minimum Gasteiger partial charge on any atom is -0.339 e. The Morgan fingerprint density at radius 3 is 2.26 bits per heavy atom. The lowest BCUT2D eigenvalue weighted by molar-refractivity contribution is 0.101. The molecule has 1 heterocycles. The Morgan fingerprint density at radius 2 is 1.59 bits per heavy atom. The van der Waals surface area contributed by atoms with Gasteiger partial charge in [-0.1, -0.05) is 12.1 Å². The number of benzene rings is 2. The van der Waals surface area contributed by atoms with Gasteiger partial charge < -0.3 is 10.6 Å². The molecule has 8 heteroatoms.